The summed E-state index contributed by atoms with van der Waals surface area (Å²) in [4.78, 5) is 14.2. The monoisotopic (exact) mass is 275 g/mol. The quantitative estimate of drug-likeness (QED) is 0.889. The minimum Gasteiger partial charge on any atom is -0.331 e. The van der Waals surface area contributed by atoms with Gasteiger partial charge in [0.05, 0.1) is 6.04 Å². The largest absolute Gasteiger partial charge is 0.331 e. The maximum absolute atomic E-state index is 12.3. The van der Waals surface area contributed by atoms with Crippen LogP contribution in [0.15, 0.2) is 18.2 Å². The van der Waals surface area contributed by atoms with Gasteiger partial charge in [0.2, 0.25) is 0 Å². The first-order valence-electron chi connectivity index (χ1n) is 7.45. The number of hydrogen-bond acceptors (Lipinski definition) is 2. The highest BCUT2D eigenvalue weighted by atomic mass is 16.2. The zero-order valence-corrected chi connectivity index (χ0v) is 12.7. The van der Waals surface area contributed by atoms with E-state index in [0.717, 1.165) is 32.6 Å². The Balaban J connectivity index is 2.04. The second-order valence-corrected chi connectivity index (χ2v) is 5.49. The van der Waals surface area contributed by atoms with E-state index in [2.05, 4.69) is 49.6 Å². The van der Waals surface area contributed by atoms with Crippen LogP contribution in [0.2, 0.25) is 0 Å². The molecule has 1 aliphatic rings. The van der Waals surface area contributed by atoms with Crippen molar-refractivity contribution in [2.24, 2.45) is 0 Å². The number of nitrogens with zero attached hydrogens (tertiary/aromatic N) is 1. The van der Waals surface area contributed by atoms with Crippen molar-refractivity contribution < 1.29 is 4.79 Å². The number of piperazine rings is 1. The SMILES string of the molecule is CCC(NC(=O)N1CCNCC1)c1ccc(C)c(C)c1. The van der Waals surface area contributed by atoms with E-state index < -0.39 is 0 Å². The maximum Gasteiger partial charge on any atom is 0.317 e. The molecule has 110 valence electrons. The van der Waals surface area contributed by atoms with Gasteiger partial charge in [-0.05, 0) is 37.0 Å². The molecule has 4 nitrogen and oxygen atoms in total. The molecule has 2 amide bonds. The number of urea groups is 1. The van der Waals surface area contributed by atoms with Gasteiger partial charge in [-0.1, -0.05) is 25.1 Å². The average Bonchev–Trinajstić information content (AvgIpc) is 2.48. The predicted molar refractivity (Wildman–Crippen MR) is 81.9 cm³/mol. The summed E-state index contributed by atoms with van der Waals surface area (Å²) < 4.78 is 0. The summed E-state index contributed by atoms with van der Waals surface area (Å²) in [5, 5.41) is 6.42. The predicted octanol–water partition coefficient (Wildman–Crippen LogP) is 2.37. The van der Waals surface area contributed by atoms with Crippen LogP contribution < -0.4 is 10.6 Å². The molecule has 1 unspecified atom stereocenters. The van der Waals surface area contributed by atoms with Gasteiger partial charge >= 0.3 is 6.03 Å². The van der Waals surface area contributed by atoms with Crippen LogP contribution >= 0.6 is 0 Å². The fraction of sp³-hybridized carbons (Fsp3) is 0.562. The Morgan fingerprint density at radius 2 is 2.00 bits per heavy atom. The highest BCUT2D eigenvalue weighted by Crippen LogP contribution is 2.20. The number of carbonyl (C=O) groups excluding carboxylic acids is 1. The van der Waals surface area contributed by atoms with Crippen molar-refractivity contribution in [3.05, 3.63) is 34.9 Å². The van der Waals surface area contributed by atoms with Gasteiger partial charge in [0, 0.05) is 26.2 Å². The number of hydrogen-bond donors (Lipinski definition) is 2. The van der Waals surface area contributed by atoms with Gasteiger partial charge in [0.15, 0.2) is 0 Å². The lowest BCUT2D eigenvalue weighted by atomic mass is 9.99. The Morgan fingerprint density at radius 1 is 1.30 bits per heavy atom. The Bertz CT molecular complexity index is 467. The summed E-state index contributed by atoms with van der Waals surface area (Å²) in [6, 6.07) is 6.58. The fourth-order valence-corrected chi connectivity index (χ4v) is 2.51. The van der Waals surface area contributed by atoms with Gasteiger partial charge in [-0.3, -0.25) is 0 Å². The van der Waals surface area contributed by atoms with Gasteiger partial charge in [0.1, 0.15) is 0 Å². The summed E-state index contributed by atoms with van der Waals surface area (Å²) in [6.07, 6.45) is 0.903. The lowest BCUT2D eigenvalue weighted by Crippen LogP contribution is -2.50. The van der Waals surface area contributed by atoms with Gasteiger partial charge < -0.3 is 15.5 Å². The molecule has 4 heteroatoms. The molecule has 0 spiro atoms. The van der Waals surface area contributed by atoms with Crippen molar-refractivity contribution in [3.8, 4) is 0 Å². The van der Waals surface area contributed by atoms with E-state index in [1.165, 1.54) is 16.7 Å². The Morgan fingerprint density at radius 3 is 2.60 bits per heavy atom. The minimum absolute atomic E-state index is 0.0524. The van der Waals surface area contributed by atoms with E-state index in [4.69, 9.17) is 0 Å². The fourth-order valence-electron chi connectivity index (χ4n) is 2.51. The molecule has 0 aliphatic carbocycles. The normalized spacial score (nSPS) is 16.9. The van der Waals surface area contributed by atoms with Crippen LogP contribution in [0.25, 0.3) is 0 Å². The van der Waals surface area contributed by atoms with Gasteiger partial charge in [-0.2, -0.15) is 0 Å². The molecule has 20 heavy (non-hydrogen) atoms. The van der Waals surface area contributed by atoms with E-state index in [1.807, 2.05) is 4.90 Å². The summed E-state index contributed by atoms with van der Waals surface area (Å²) >= 11 is 0. The van der Waals surface area contributed by atoms with E-state index in [9.17, 15) is 4.79 Å². The molecule has 1 aromatic carbocycles. The van der Waals surface area contributed by atoms with Gasteiger partial charge in [-0.15, -0.1) is 0 Å². The first-order chi connectivity index (χ1) is 9.61. The van der Waals surface area contributed by atoms with Crippen molar-refractivity contribution in [3.63, 3.8) is 0 Å². The van der Waals surface area contributed by atoms with E-state index >= 15 is 0 Å². The van der Waals surface area contributed by atoms with Crippen LogP contribution in [0.5, 0.6) is 0 Å². The lowest BCUT2D eigenvalue weighted by Gasteiger charge is -2.29. The summed E-state index contributed by atoms with van der Waals surface area (Å²) in [5.74, 6) is 0. The smallest absolute Gasteiger partial charge is 0.317 e. The Kier molecular flexibility index (Phi) is 5.01. The second kappa shape index (κ2) is 6.75. The van der Waals surface area contributed by atoms with Crippen LogP contribution in [0.1, 0.15) is 36.1 Å². The van der Waals surface area contributed by atoms with Crippen LogP contribution in [0, 0.1) is 13.8 Å². The molecule has 2 rings (SSSR count). The third-order valence-electron chi connectivity index (χ3n) is 4.04. The lowest BCUT2D eigenvalue weighted by molar-refractivity contribution is 0.186. The van der Waals surface area contributed by atoms with Crippen molar-refractivity contribution >= 4 is 6.03 Å². The molecule has 1 fully saturated rings. The molecular weight excluding hydrogens is 250 g/mol. The van der Waals surface area contributed by atoms with E-state index in [0.29, 0.717) is 0 Å². The number of amides is 2. The highest BCUT2D eigenvalue weighted by molar-refractivity contribution is 5.74. The number of carbonyl (C=O) groups is 1. The van der Waals surface area contributed by atoms with Crippen molar-refractivity contribution in [1.82, 2.24) is 15.5 Å². The summed E-state index contributed by atoms with van der Waals surface area (Å²) in [7, 11) is 0. The van der Waals surface area contributed by atoms with E-state index in [1.54, 1.807) is 0 Å². The van der Waals surface area contributed by atoms with E-state index in [-0.39, 0.29) is 12.1 Å². The molecule has 2 N–H and O–H groups in total. The molecule has 1 aromatic rings. The average molecular weight is 275 g/mol. The first-order valence-corrected chi connectivity index (χ1v) is 7.45. The zero-order chi connectivity index (χ0) is 14.5. The van der Waals surface area contributed by atoms with Crippen molar-refractivity contribution in [1.29, 1.82) is 0 Å². The highest BCUT2D eigenvalue weighted by Gasteiger charge is 2.19. The van der Waals surface area contributed by atoms with Gasteiger partial charge in [0.25, 0.3) is 0 Å². The van der Waals surface area contributed by atoms with Crippen LogP contribution in [-0.2, 0) is 0 Å². The Labute approximate surface area is 121 Å². The molecule has 1 saturated heterocycles. The third-order valence-corrected chi connectivity index (χ3v) is 4.04. The molecule has 1 heterocycles. The molecule has 0 aromatic heterocycles. The van der Waals surface area contributed by atoms with Crippen LogP contribution in [-0.4, -0.2) is 37.1 Å². The number of rotatable bonds is 3. The zero-order valence-electron chi connectivity index (χ0n) is 12.7. The number of nitrogens with one attached hydrogen (secondary N) is 2. The van der Waals surface area contributed by atoms with Crippen LogP contribution in [0.3, 0.4) is 0 Å². The Hall–Kier alpha value is -1.55. The molecule has 0 radical (unpaired) electrons. The standard InChI is InChI=1S/C16H25N3O/c1-4-15(14-6-5-12(2)13(3)11-14)18-16(20)19-9-7-17-8-10-19/h5-6,11,15,17H,4,7-10H2,1-3H3,(H,18,20). The second-order valence-electron chi connectivity index (χ2n) is 5.49. The first kappa shape index (κ1) is 14.9. The topological polar surface area (TPSA) is 44.4 Å². The summed E-state index contributed by atoms with van der Waals surface area (Å²) in [6.45, 7) is 9.67. The molecule has 0 saturated carbocycles. The third kappa shape index (κ3) is 3.51. The molecular formula is C16H25N3O. The maximum atomic E-state index is 12.3. The number of aryl methyl sites for hydroxylation is 2. The molecule has 0 bridgehead atoms. The van der Waals surface area contributed by atoms with Crippen LogP contribution in [0.4, 0.5) is 4.79 Å². The molecule has 1 aliphatic heterocycles. The van der Waals surface area contributed by atoms with Crippen molar-refractivity contribution in [2.75, 3.05) is 26.2 Å². The number of benzene rings is 1. The van der Waals surface area contributed by atoms with Gasteiger partial charge in [-0.25, -0.2) is 4.79 Å². The molecule has 1 atom stereocenters. The minimum atomic E-state index is 0.0524. The summed E-state index contributed by atoms with van der Waals surface area (Å²) in [5.41, 5.74) is 3.76. The van der Waals surface area contributed by atoms with Crippen molar-refractivity contribution in [2.45, 2.75) is 33.2 Å².